The summed E-state index contributed by atoms with van der Waals surface area (Å²) in [6.45, 7) is 6.73. The van der Waals surface area contributed by atoms with E-state index in [4.69, 9.17) is 28.4 Å². The van der Waals surface area contributed by atoms with E-state index in [0.29, 0.717) is 32.1 Å². The van der Waals surface area contributed by atoms with E-state index >= 15 is 0 Å². The number of rotatable bonds is 9. The summed E-state index contributed by atoms with van der Waals surface area (Å²) in [5, 5.41) is 105. The van der Waals surface area contributed by atoms with Gasteiger partial charge >= 0.3 is 5.97 Å². The van der Waals surface area contributed by atoms with Crippen LogP contribution in [-0.4, -0.2) is 168 Å². The molecule has 10 N–H and O–H groups in total. The lowest BCUT2D eigenvalue weighted by Gasteiger charge is -2.64. The molecular weight excluding hydrogens is 716 g/mol. The fraction of sp³-hybridized carbons (Fsp3) is 0.919. The summed E-state index contributed by atoms with van der Waals surface area (Å²) in [5.74, 6) is -0.545. The van der Waals surface area contributed by atoms with Crippen LogP contribution >= 0.6 is 0 Å². The van der Waals surface area contributed by atoms with E-state index in [2.05, 4.69) is 13.5 Å². The Morgan fingerprint density at radius 1 is 0.759 bits per heavy atom. The van der Waals surface area contributed by atoms with E-state index in [1.807, 2.05) is 6.92 Å². The number of aliphatic hydroxyl groups is 9. The first-order chi connectivity index (χ1) is 25.4. The Kier molecular flexibility index (Phi) is 11.2. The van der Waals surface area contributed by atoms with Crippen LogP contribution in [0.5, 0.6) is 0 Å². The zero-order valence-electron chi connectivity index (χ0n) is 30.8. The zero-order chi connectivity index (χ0) is 39.1. The highest BCUT2D eigenvalue weighted by Crippen LogP contribution is 2.73. The summed E-state index contributed by atoms with van der Waals surface area (Å²) in [7, 11) is 0. The molecule has 7 fully saturated rings. The van der Waals surface area contributed by atoms with E-state index in [9.17, 15) is 55.9 Å². The van der Waals surface area contributed by atoms with Crippen molar-refractivity contribution in [2.45, 2.75) is 163 Å². The molecule has 0 aromatic carbocycles. The van der Waals surface area contributed by atoms with Gasteiger partial charge in [0.1, 0.15) is 67.1 Å². The lowest BCUT2D eigenvalue weighted by atomic mass is 9.41. The van der Waals surface area contributed by atoms with Crippen molar-refractivity contribution in [3.05, 3.63) is 12.2 Å². The molecule has 3 saturated heterocycles. The molecule has 2 bridgehead atoms. The molecule has 4 aliphatic carbocycles. The minimum Gasteiger partial charge on any atom is -0.481 e. The minimum absolute atomic E-state index is 0.0107. The van der Waals surface area contributed by atoms with Gasteiger partial charge in [0.2, 0.25) is 0 Å². The van der Waals surface area contributed by atoms with Crippen LogP contribution in [0.1, 0.15) is 71.6 Å². The van der Waals surface area contributed by atoms with Crippen molar-refractivity contribution in [2.75, 3.05) is 19.8 Å². The topological polar surface area (TPSA) is 275 Å². The third kappa shape index (κ3) is 6.39. The highest BCUT2D eigenvalue weighted by Gasteiger charge is 2.69. The Morgan fingerprint density at radius 3 is 2.07 bits per heavy atom. The number of hydrogen-bond donors (Lipinski definition) is 10. The second kappa shape index (κ2) is 14.8. The fourth-order valence-corrected chi connectivity index (χ4v) is 11.8. The normalized spacial score (nSPS) is 54.8. The van der Waals surface area contributed by atoms with Gasteiger partial charge in [-0.25, -0.2) is 0 Å². The van der Waals surface area contributed by atoms with Gasteiger partial charge < -0.3 is 79.5 Å². The van der Waals surface area contributed by atoms with E-state index in [0.717, 1.165) is 31.3 Å². The van der Waals surface area contributed by atoms with E-state index in [1.165, 1.54) is 0 Å². The monoisotopic (exact) mass is 774 g/mol. The second-order valence-corrected chi connectivity index (χ2v) is 17.6. The number of aliphatic carboxylic acids is 1. The number of carboxylic acids is 1. The number of hydrogen-bond acceptors (Lipinski definition) is 16. The standard InChI is InChI=1S/C37H58O17/c1-16-11-36-9-5-20-34(2,7-4-8-35(20,3)33(47)48)21(36)6-10-37(16,15-36)54-32-29(53-30-26(45)22(41)17(40)14-49-30)28(24(43)19(13-39)51-32)52-31-27(46)25(44)23(42)18(12-38)50-31/h17-32,38-46H,1,4-15H2,2-3H3,(H,47,48)/t17-,18?,19?,20?,21+,22?,23-,24-,25+,26?,27?,28+,29?,30+,31+,32+,34-,35-,36-,37?/m1/s1. The summed E-state index contributed by atoms with van der Waals surface area (Å²) in [6.07, 6.45) is -16.4. The molecule has 1 spiro atoms. The minimum atomic E-state index is -1.87. The second-order valence-electron chi connectivity index (χ2n) is 17.6. The molecule has 3 aliphatic heterocycles. The van der Waals surface area contributed by atoms with Crippen molar-refractivity contribution in [1.29, 1.82) is 0 Å². The first-order valence-corrected chi connectivity index (χ1v) is 19.3. The first-order valence-electron chi connectivity index (χ1n) is 19.3. The molecule has 8 unspecified atom stereocenters. The lowest BCUT2D eigenvalue weighted by molar-refractivity contribution is -0.395. The third-order valence-electron chi connectivity index (χ3n) is 14.6. The van der Waals surface area contributed by atoms with Crippen molar-refractivity contribution in [1.82, 2.24) is 0 Å². The van der Waals surface area contributed by atoms with E-state index in [1.54, 1.807) is 0 Å². The highest BCUT2D eigenvalue weighted by atomic mass is 16.8. The molecule has 308 valence electrons. The SMILES string of the molecule is C=C1C[C@@]23CCC4[C@](C)(C(=O)O)CCC[C@@]4(C)[C@@H]2CCC1(O[C@@H]1OC(CO)[C@@H](O)[C@H](O[C@@H]2OC(CO)[C@@H](O)[C@H](O)C2O)C1O[C@@H]1OC[C@@H](O)C(O)C1O)C3. The molecule has 0 amide bonds. The van der Waals surface area contributed by atoms with E-state index < -0.39 is 123 Å². The molecule has 0 aromatic rings. The summed E-state index contributed by atoms with van der Waals surface area (Å²) in [6, 6.07) is 0. The Bertz CT molecular complexity index is 1400. The van der Waals surface area contributed by atoms with Gasteiger partial charge in [-0.05, 0) is 86.5 Å². The van der Waals surface area contributed by atoms with Crippen molar-refractivity contribution in [3.8, 4) is 0 Å². The summed E-state index contributed by atoms with van der Waals surface area (Å²) < 4.78 is 36.5. The van der Waals surface area contributed by atoms with Crippen LogP contribution in [0.25, 0.3) is 0 Å². The van der Waals surface area contributed by atoms with Crippen LogP contribution in [0.15, 0.2) is 12.2 Å². The number of carbonyl (C=O) groups is 1. The molecule has 17 nitrogen and oxygen atoms in total. The van der Waals surface area contributed by atoms with Gasteiger partial charge in [-0.15, -0.1) is 0 Å². The maximum absolute atomic E-state index is 12.6. The van der Waals surface area contributed by atoms with Crippen LogP contribution in [0.2, 0.25) is 0 Å². The van der Waals surface area contributed by atoms with Crippen LogP contribution in [0.4, 0.5) is 0 Å². The van der Waals surface area contributed by atoms with Gasteiger partial charge in [0.25, 0.3) is 0 Å². The molecule has 7 aliphatic rings. The lowest BCUT2D eigenvalue weighted by Crippen LogP contribution is -2.67. The highest BCUT2D eigenvalue weighted by molar-refractivity contribution is 5.75. The molecule has 54 heavy (non-hydrogen) atoms. The summed E-state index contributed by atoms with van der Waals surface area (Å²) in [5.41, 5.74) is -1.47. The van der Waals surface area contributed by atoms with Crippen molar-refractivity contribution in [3.63, 3.8) is 0 Å². The van der Waals surface area contributed by atoms with Crippen molar-refractivity contribution >= 4 is 5.97 Å². The van der Waals surface area contributed by atoms with Crippen LogP contribution in [0.3, 0.4) is 0 Å². The van der Waals surface area contributed by atoms with Crippen LogP contribution in [-0.2, 0) is 33.2 Å². The summed E-state index contributed by atoms with van der Waals surface area (Å²) in [4.78, 5) is 12.6. The van der Waals surface area contributed by atoms with Gasteiger partial charge in [0, 0.05) is 0 Å². The summed E-state index contributed by atoms with van der Waals surface area (Å²) >= 11 is 0. The predicted molar refractivity (Wildman–Crippen MR) is 181 cm³/mol. The Balaban J connectivity index is 1.20. The van der Waals surface area contributed by atoms with Crippen molar-refractivity contribution in [2.24, 2.45) is 28.1 Å². The molecular formula is C37H58O17. The van der Waals surface area contributed by atoms with Gasteiger partial charge in [0.05, 0.1) is 30.8 Å². The van der Waals surface area contributed by atoms with Crippen molar-refractivity contribution < 1.29 is 84.3 Å². The largest absolute Gasteiger partial charge is 0.481 e. The molecule has 0 aromatic heterocycles. The quantitative estimate of drug-likeness (QED) is 0.0921. The zero-order valence-corrected chi connectivity index (χ0v) is 30.8. The smallest absolute Gasteiger partial charge is 0.309 e. The number of ether oxygens (including phenoxy) is 6. The number of carboxylic acid groups (broad SMARTS) is 1. The molecule has 4 saturated carbocycles. The van der Waals surface area contributed by atoms with Crippen LogP contribution < -0.4 is 0 Å². The molecule has 20 atom stereocenters. The van der Waals surface area contributed by atoms with Gasteiger partial charge in [-0.1, -0.05) is 19.9 Å². The van der Waals surface area contributed by atoms with Gasteiger partial charge in [0.15, 0.2) is 18.9 Å². The molecule has 17 heteroatoms. The predicted octanol–water partition coefficient (Wildman–Crippen LogP) is -1.73. The molecule has 7 rings (SSSR count). The fourth-order valence-electron chi connectivity index (χ4n) is 11.8. The van der Waals surface area contributed by atoms with Gasteiger partial charge in [-0.3, -0.25) is 4.79 Å². The maximum atomic E-state index is 12.6. The first kappa shape index (κ1) is 40.8. The Hall–Kier alpha value is -1.39. The maximum Gasteiger partial charge on any atom is 0.309 e. The third-order valence-corrected chi connectivity index (χ3v) is 14.6. The average molecular weight is 775 g/mol. The molecule has 0 radical (unpaired) electrons. The average Bonchev–Trinajstić information content (AvgIpc) is 3.33. The number of fused-ring (bicyclic) bond motifs is 3. The van der Waals surface area contributed by atoms with Crippen LogP contribution in [0, 0.1) is 28.1 Å². The number of aliphatic hydroxyl groups excluding tert-OH is 9. The Labute approximate surface area is 313 Å². The molecule has 3 heterocycles. The Morgan fingerprint density at radius 2 is 1.39 bits per heavy atom. The van der Waals surface area contributed by atoms with E-state index in [-0.39, 0.29) is 22.7 Å². The van der Waals surface area contributed by atoms with Gasteiger partial charge in [-0.2, -0.15) is 0 Å².